The van der Waals surface area contributed by atoms with Gasteiger partial charge in [-0.25, -0.2) is 14.4 Å². The van der Waals surface area contributed by atoms with E-state index in [1.54, 1.807) is 0 Å². The molecule has 3 fully saturated rings. The molecule has 40 heavy (non-hydrogen) atoms. The van der Waals surface area contributed by atoms with E-state index in [2.05, 4.69) is 4.90 Å². The maximum Gasteiger partial charge on any atom is 0.332 e. The highest BCUT2D eigenvalue weighted by molar-refractivity contribution is 5.71. The highest BCUT2D eigenvalue weighted by Gasteiger charge is 2.20. The molecule has 10 heteroatoms. The summed E-state index contributed by atoms with van der Waals surface area (Å²) < 4.78 is 33.3. The van der Waals surface area contributed by atoms with E-state index >= 15 is 0 Å². The van der Waals surface area contributed by atoms with Crippen molar-refractivity contribution in [1.82, 2.24) is 4.90 Å². The molecule has 0 unspecified atom stereocenters. The topological polar surface area (TPSA) is 110 Å². The molecule has 0 aliphatic heterocycles. The first kappa shape index (κ1) is 32.8. The van der Waals surface area contributed by atoms with E-state index in [-0.39, 0.29) is 56.0 Å². The lowest BCUT2D eigenvalue weighted by atomic mass is 9.98. The predicted molar refractivity (Wildman–Crippen MR) is 148 cm³/mol. The molecule has 0 aromatic rings. The SMILES string of the molecule is O=C(COCCN(CCOCC(=O)OC1CCCCC1)CCOCC(=O)OC1CCCCC1)OC1CCCCC1. The minimum absolute atomic E-state index is 0.0188. The predicted octanol–water partition coefficient (Wildman–Crippen LogP) is 3.97. The summed E-state index contributed by atoms with van der Waals surface area (Å²) in [5.74, 6) is -0.964. The molecule has 0 amide bonds. The number of nitrogens with zero attached hydrogens (tertiary/aromatic N) is 1. The number of hydrogen-bond acceptors (Lipinski definition) is 10. The maximum atomic E-state index is 12.1. The van der Waals surface area contributed by atoms with Gasteiger partial charge in [-0.15, -0.1) is 0 Å². The summed E-state index contributed by atoms with van der Waals surface area (Å²) in [6.45, 7) is 2.44. The van der Waals surface area contributed by atoms with Crippen molar-refractivity contribution in [3.63, 3.8) is 0 Å². The molecule has 3 rings (SSSR count). The average molecular weight is 570 g/mol. The van der Waals surface area contributed by atoms with Crippen LogP contribution < -0.4 is 0 Å². The van der Waals surface area contributed by atoms with Gasteiger partial charge in [0.2, 0.25) is 0 Å². The Morgan fingerprint density at radius 3 is 1.00 bits per heavy atom. The van der Waals surface area contributed by atoms with Gasteiger partial charge in [0.25, 0.3) is 0 Å². The molecule has 10 nitrogen and oxygen atoms in total. The quantitative estimate of drug-likeness (QED) is 0.137. The van der Waals surface area contributed by atoms with Crippen molar-refractivity contribution in [1.29, 1.82) is 0 Å². The van der Waals surface area contributed by atoms with Crippen molar-refractivity contribution in [2.24, 2.45) is 0 Å². The lowest BCUT2D eigenvalue weighted by Crippen LogP contribution is -2.35. The molecule has 0 heterocycles. The second-order valence-electron chi connectivity index (χ2n) is 11.2. The Morgan fingerprint density at radius 2 is 0.725 bits per heavy atom. The van der Waals surface area contributed by atoms with E-state index < -0.39 is 0 Å². The Balaban J connectivity index is 1.30. The Labute approximate surface area is 239 Å². The van der Waals surface area contributed by atoms with Gasteiger partial charge < -0.3 is 28.4 Å². The molecule has 3 saturated carbocycles. The number of carbonyl (C=O) groups is 3. The summed E-state index contributed by atoms with van der Waals surface area (Å²) in [4.78, 5) is 38.4. The monoisotopic (exact) mass is 569 g/mol. The Hall–Kier alpha value is -1.75. The third-order valence-electron chi connectivity index (χ3n) is 7.87. The first-order valence-corrected chi connectivity index (χ1v) is 15.6. The number of rotatable bonds is 18. The fraction of sp³-hybridized carbons (Fsp3) is 0.900. The number of esters is 3. The third-order valence-corrected chi connectivity index (χ3v) is 7.87. The van der Waals surface area contributed by atoms with Crippen LogP contribution in [0.15, 0.2) is 0 Å². The van der Waals surface area contributed by atoms with Gasteiger partial charge in [0, 0.05) is 19.6 Å². The van der Waals surface area contributed by atoms with Gasteiger partial charge in [-0.05, 0) is 77.0 Å². The number of hydrogen-bond donors (Lipinski definition) is 0. The van der Waals surface area contributed by atoms with Crippen molar-refractivity contribution >= 4 is 17.9 Å². The summed E-state index contributed by atoms with van der Waals surface area (Å²) in [7, 11) is 0. The van der Waals surface area contributed by atoms with Crippen molar-refractivity contribution in [3.05, 3.63) is 0 Å². The lowest BCUT2D eigenvalue weighted by Gasteiger charge is -2.24. The normalized spacial score (nSPS) is 19.4. The van der Waals surface area contributed by atoms with Gasteiger partial charge in [-0.3, -0.25) is 4.90 Å². The van der Waals surface area contributed by atoms with Gasteiger partial charge >= 0.3 is 17.9 Å². The second kappa shape index (κ2) is 20.2. The molecular weight excluding hydrogens is 518 g/mol. The van der Waals surface area contributed by atoms with Crippen molar-refractivity contribution in [2.75, 3.05) is 59.3 Å². The third kappa shape index (κ3) is 14.8. The van der Waals surface area contributed by atoms with Crippen LogP contribution >= 0.6 is 0 Å². The zero-order chi connectivity index (χ0) is 28.3. The Bertz CT molecular complexity index is 621. The molecule has 0 saturated heterocycles. The van der Waals surface area contributed by atoms with E-state index in [1.807, 2.05) is 0 Å². The lowest BCUT2D eigenvalue weighted by molar-refractivity contribution is -0.156. The molecule has 230 valence electrons. The van der Waals surface area contributed by atoms with Crippen molar-refractivity contribution in [3.8, 4) is 0 Å². The number of carbonyl (C=O) groups excluding carboxylic acids is 3. The first-order chi connectivity index (χ1) is 19.6. The van der Waals surface area contributed by atoms with Crippen LogP contribution in [0.1, 0.15) is 96.3 Å². The highest BCUT2D eigenvalue weighted by Crippen LogP contribution is 2.22. The molecule has 0 spiro atoms. The van der Waals surface area contributed by atoms with Gasteiger partial charge in [-0.1, -0.05) is 19.3 Å². The minimum Gasteiger partial charge on any atom is -0.461 e. The van der Waals surface area contributed by atoms with Crippen LogP contribution in [-0.2, 0) is 42.8 Å². The van der Waals surface area contributed by atoms with Crippen molar-refractivity contribution < 1.29 is 42.8 Å². The molecule has 3 aliphatic rings. The van der Waals surface area contributed by atoms with E-state index in [9.17, 15) is 14.4 Å². The largest absolute Gasteiger partial charge is 0.461 e. The summed E-state index contributed by atoms with van der Waals surface area (Å²) in [5, 5.41) is 0. The smallest absolute Gasteiger partial charge is 0.332 e. The zero-order valence-electron chi connectivity index (χ0n) is 24.3. The minimum atomic E-state index is -0.321. The van der Waals surface area contributed by atoms with Crippen LogP contribution in [0.2, 0.25) is 0 Å². The van der Waals surface area contributed by atoms with Gasteiger partial charge in [0.05, 0.1) is 19.8 Å². The van der Waals surface area contributed by atoms with Crippen LogP contribution in [-0.4, -0.2) is 100 Å². The molecule has 0 aromatic carbocycles. The summed E-state index contributed by atoms with van der Waals surface area (Å²) >= 11 is 0. The number of ether oxygens (including phenoxy) is 6. The molecule has 0 radical (unpaired) electrons. The van der Waals surface area contributed by atoms with Crippen LogP contribution in [0.4, 0.5) is 0 Å². The molecule has 0 bridgehead atoms. The van der Waals surface area contributed by atoms with E-state index in [1.165, 1.54) is 19.3 Å². The Morgan fingerprint density at radius 1 is 0.450 bits per heavy atom. The molecule has 0 atom stereocenters. The van der Waals surface area contributed by atoms with Crippen LogP contribution in [0.3, 0.4) is 0 Å². The van der Waals surface area contributed by atoms with Crippen LogP contribution in [0.25, 0.3) is 0 Å². The maximum absolute atomic E-state index is 12.1. The second-order valence-corrected chi connectivity index (χ2v) is 11.2. The van der Waals surface area contributed by atoms with Crippen molar-refractivity contribution in [2.45, 2.75) is 115 Å². The molecule has 0 aromatic heterocycles. The molecule has 0 N–H and O–H groups in total. The van der Waals surface area contributed by atoms with Gasteiger partial charge in [-0.2, -0.15) is 0 Å². The van der Waals surface area contributed by atoms with Gasteiger partial charge in [0.1, 0.15) is 38.1 Å². The Kier molecular flexibility index (Phi) is 16.5. The summed E-state index contributed by atoms with van der Waals surface area (Å²) in [6.07, 6.45) is 15.9. The van der Waals surface area contributed by atoms with E-state index in [4.69, 9.17) is 28.4 Å². The zero-order valence-corrected chi connectivity index (χ0v) is 24.3. The standard InChI is InChI=1S/C30H51NO9/c32-28(38-25-10-4-1-5-11-25)22-35-19-16-31(17-20-36-23-29(33)39-26-12-6-2-7-13-26)18-21-37-24-30(34)40-27-14-8-3-9-15-27/h25-27H,1-24H2. The van der Waals surface area contributed by atoms with Gasteiger partial charge in [0.15, 0.2) is 0 Å². The molecular formula is C30H51NO9. The summed E-state index contributed by atoms with van der Waals surface area (Å²) in [6, 6.07) is 0. The fourth-order valence-corrected chi connectivity index (χ4v) is 5.59. The summed E-state index contributed by atoms with van der Waals surface area (Å²) in [5.41, 5.74) is 0. The fourth-order valence-electron chi connectivity index (χ4n) is 5.59. The highest BCUT2D eigenvalue weighted by atomic mass is 16.6. The van der Waals surface area contributed by atoms with Crippen LogP contribution in [0.5, 0.6) is 0 Å². The first-order valence-electron chi connectivity index (χ1n) is 15.6. The van der Waals surface area contributed by atoms with E-state index in [0.717, 1.165) is 77.0 Å². The molecule has 3 aliphatic carbocycles. The van der Waals surface area contributed by atoms with E-state index in [0.29, 0.717) is 39.5 Å². The average Bonchev–Trinajstić information content (AvgIpc) is 2.96. The van der Waals surface area contributed by atoms with Crippen LogP contribution in [0, 0.1) is 0 Å².